The van der Waals surface area contributed by atoms with Crippen LogP contribution >= 0.6 is 0 Å². The number of hydrogen-bond donors (Lipinski definition) is 6. The van der Waals surface area contributed by atoms with Gasteiger partial charge in [-0.15, -0.1) is 0 Å². The number of nitrogens with one attached hydrogen (secondary N) is 1. The minimum absolute atomic E-state index is 0.0762. The first-order valence-corrected chi connectivity index (χ1v) is 15.2. The zero-order valence-electron chi connectivity index (χ0n) is 27.1. The zero-order valence-corrected chi connectivity index (χ0v) is 27.1. The van der Waals surface area contributed by atoms with E-state index in [1.807, 2.05) is 0 Å². The smallest absolute Gasteiger partial charge is 0.251 e. The van der Waals surface area contributed by atoms with Gasteiger partial charge in [0.25, 0.3) is 5.91 Å². The maximum absolute atomic E-state index is 13.7. The van der Waals surface area contributed by atoms with Crippen molar-refractivity contribution in [2.24, 2.45) is 29.6 Å². The lowest BCUT2D eigenvalue weighted by molar-refractivity contribution is -0.136. The van der Waals surface area contributed by atoms with Crippen LogP contribution in [-0.4, -0.2) is 79.5 Å². The highest BCUT2D eigenvalue weighted by atomic mass is 16.3. The van der Waals surface area contributed by atoms with Gasteiger partial charge in [-0.25, -0.2) is 0 Å². The molecule has 248 valence electrons. The van der Waals surface area contributed by atoms with Crippen molar-refractivity contribution >= 4 is 29.0 Å². The number of aliphatic hydroxyl groups is 4. The lowest BCUT2D eigenvalue weighted by Crippen LogP contribution is -2.44. The molecule has 0 saturated heterocycles. The highest BCUT2D eigenvalue weighted by molar-refractivity contribution is 6.30. The molecule has 4 rings (SSSR count). The lowest BCUT2D eigenvalue weighted by Gasteiger charge is -2.33. The molecule has 11 heteroatoms. The molecule has 1 aromatic carbocycles. The third kappa shape index (κ3) is 7.18. The van der Waals surface area contributed by atoms with Crippen molar-refractivity contribution in [2.75, 3.05) is 6.61 Å². The van der Waals surface area contributed by atoms with Crippen LogP contribution in [0.4, 0.5) is 0 Å². The van der Waals surface area contributed by atoms with E-state index in [-0.39, 0.29) is 33.5 Å². The van der Waals surface area contributed by atoms with Crippen molar-refractivity contribution in [1.29, 1.82) is 0 Å². The number of allylic oxidation sites excluding steroid dienone is 5. The molecular weight excluding hydrogens is 594 g/mol. The summed E-state index contributed by atoms with van der Waals surface area (Å²) in [6.07, 6.45) is 2.70. The lowest BCUT2D eigenvalue weighted by atomic mass is 9.77. The van der Waals surface area contributed by atoms with Gasteiger partial charge in [0.15, 0.2) is 11.6 Å². The molecule has 11 nitrogen and oxygen atoms in total. The van der Waals surface area contributed by atoms with Gasteiger partial charge in [0.2, 0.25) is 5.78 Å². The van der Waals surface area contributed by atoms with Gasteiger partial charge >= 0.3 is 0 Å². The van der Waals surface area contributed by atoms with Crippen LogP contribution in [0.15, 0.2) is 53.3 Å². The van der Waals surface area contributed by atoms with Gasteiger partial charge in [-0.1, -0.05) is 52.0 Å². The van der Waals surface area contributed by atoms with Crippen LogP contribution < -0.4 is 5.32 Å². The quantitative estimate of drug-likeness (QED) is 0.266. The Labute approximate surface area is 268 Å². The number of rotatable bonds is 1. The normalized spacial score (nSPS) is 33.5. The molecule has 2 aliphatic heterocycles. The number of aromatic hydroxyl groups is 1. The predicted octanol–water partition coefficient (Wildman–Crippen LogP) is 2.53. The van der Waals surface area contributed by atoms with Crippen LogP contribution in [0.25, 0.3) is 0 Å². The van der Waals surface area contributed by atoms with Gasteiger partial charge in [-0.05, 0) is 38.0 Å². The number of hydrogen-bond acceptors (Lipinski definition) is 10. The number of carbonyl (C=O) groups excluding carboxylic acids is 5. The molecule has 0 fully saturated rings. The van der Waals surface area contributed by atoms with Crippen molar-refractivity contribution in [2.45, 2.75) is 66.8 Å². The molecule has 6 N–H and O–H groups in total. The van der Waals surface area contributed by atoms with Crippen molar-refractivity contribution in [3.8, 4) is 5.75 Å². The molecule has 2 heterocycles. The number of aliphatic hydroxyl groups excluding tert-OH is 4. The Morgan fingerprint density at radius 3 is 2.02 bits per heavy atom. The number of fused-ring (bicyclic) bond motifs is 15. The summed E-state index contributed by atoms with van der Waals surface area (Å²) in [6.45, 7) is 9.78. The second-order valence-corrected chi connectivity index (χ2v) is 12.5. The summed E-state index contributed by atoms with van der Waals surface area (Å²) in [6, 6.07) is 1.26. The Bertz CT molecular complexity index is 1560. The Hall–Kier alpha value is -4.03. The summed E-state index contributed by atoms with van der Waals surface area (Å²) in [5, 5.41) is 56.6. The van der Waals surface area contributed by atoms with Crippen molar-refractivity contribution in [3.63, 3.8) is 0 Å². The summed E-state index contributed by atoms with van der Waals surface area (Å²) in [5.74, 6) is -8.61. The largest absolute Gasteiger partial charge is 0.507 e. The molecule has 3 aliphatic rings. The summed E-state index contributed by atoms with van der Waals surface area (Å²) >= 11 is 0. The molecule has 0 radical (unpaired) electrons. The Morgan fingerprint density at radius 1 is 0.804 bits per heavy atom. The first-order valence-electron chi connectivity index (χ1n) is 15.2. The molecule has 8 atom stereocenters. The number of ketones is 4. The number of aryl methyl sites for hydroxylation is 1. The SMILES string of the molecule is C/C1=C/C=C/[C@H](C)[C@H](O)[C@@H](C)C(=O)[C@@H](C)[C@@H](O)[C@H](C)[C@@H](O)C(CO)/C=C(\C)C(=O)c2c(O)c(C)cc3c2C(=O)C=C(NC1=O)C3=O. The van der Waals surface area contributed by atoms with E-state index < -0.39 is 94.9 Å². The molecule has 0 spiro atoms. The molecule has 0 saturated carbocycles. The fraction of sp³-hybridized carbons (Fsp3) is 0.457. The fourth-order valence-corrected chi connectivity index (χ4v) is 5.86. The summed E-state index contributed by atoms with van der Waals surface area (Å²) in [7, 11) is 0. The Morgan fingerprint density at radius 2 is 1.41 bits per heavy atom. The zero-order chi connectivity index (χ0) is 34.8. The third-order valence-electron chi connectivity index (χ3n) is 9.11. The van der Waals surface area contributed by atoms with Crippen LogP contribution in [0.5, 0.6) is 5.75 Å². The summed E-state index contributed by atoms with van der Waals surface area (Å²) < 4.78 is 0. The number of carbonyl (C=O) groups is 5. The first kappa shape index (κ1) is 36.4. The number of phenols is 1. The minimum atomic E-state index is -1.44. The van der Waals surface area contributed by atoms with E-state index >= 15 is 0 Å². The average molecular weight is 638 g/mol. The van der Waals surface area contributed by atoms with Crippen molar-refractivity contribution in [3.05, 3.63) is 75.5 Å². The van der Waals surface area contributed by atoms with Gasteiger partial charge in [-0.2, -0.15) is 0 Å². The average Bonchev–Trinajstić information content (AvgIpc) is 3.03. The van der Waals surface area contributed by atoms with E-state index in [1.54, 1.807) is 13.0 Å². The summed E-state index contributed by atoms with van der Waals surface area (Å²) in [4.78, 5) is 66.7. The van der Waals surface area contributed by atoms with Crippen molar-refractivity contribution in [1.82, 2.24) is 5.32 Å². The van der Waals surface area contributed by atoms with E-state index in [9.17, 15) is 49.5 Å². The number of Topliss-reactive ketones (excluding diaryl/α,β-unsaturated/α-hetero) is 3. The third-order valence-corrected chi connectivity index (χ3v) is 9.11. The van der Waals surface area contributed by atoms with E-state index in [2.05, 4.69) is 5.32 Å². The highest BCUT2D eigenvalue weighted by Gasteiger charge is 2.38. The Balaban J connectivity index is 2.19. The van der Waals surface area contributed by atoms with Crippen LogP contribution in [0.3, 0.4) is 0 Å². The molecule has 4 bridgehead atoms. The molecule has 1 aliphatic carbocycles. The van der Waals surface area contributed by atoms with Gasteiger partial charge < -0.3 is 30.8 Å². The fourth-order valence-electron chi connectivity index (χ4n) is 5.86. The van der Waals surface area contributed by atoms with Gasteiger partial charge in [0, 0.05) is 52.4 Å². The molecule has 1 aromatic rings. The van der Waals surface area contributed by atoms with E-state index in [0.29, 0.717) is 0 Å². The van der Waals surface area contributed by atoms with Gasteiger partial charge in [0.1, 0.15) is 11.5 Å². The first-order chi connectivity index (χ1) is 21.4. The van der Waals surface area contributed by atoms with Gasteiger partial charge in [-0.3, -0.25) is 24.0 Å². The minimum Gasteiger partial charge on any atom is -0.507 e. The monoisotopic (exact) mass is 637 g/mol. The van der Waals surface area contributed by atoms with E-state index in [1.165, 1.54) is 65.8 Å². The van der Waals surface area contributed by atoms with Crippen LogP contribution in [0, 0.1) is 36.5 Å². The molecule has 1 unspecified atom stereocenters. The van der Waals surface area contributed by atoms with Crippen LogP contribution in [0.1, 0.15) is 78.2 Å². The van der Waals surface area contributed by atoms with E-state index in [4.69, 9.17) is 0 Å². The number of phenolic OH excluding ortho intramolecular Hbond substituents is 1. The second-order valence-electron chi connectivity index (χ2n) is 12.5. The van der Waals surface area contributed by atoms with Crippen molar-refractivity contribution < 1.29 is 49.5 Å². The second kappa shape index (κ2) is 14.6. The predicted molar refractivity (Wildman–Crippen MR) is 169 cm³/mol. The standard InChI is InChI=1S/C35H43NO10/c1-15-9-8-10-16(2)35(46)36-24-13-25(38)26-23(34(24)45)12-18(4)30(41)27(26)29(40)17(3)11-22(14-37)33(44)21(7)32(43)20(6)31(42)19(5)28(15)39/h8-13,15,19-22,28,32-33,37,39,41,43-44H,14H2,1-7H3,(H,36,46)/b9-8+,16-10-,17-11+/t15-,19+,20+,21-,22?,28-,32+,33+/m0/s1. The molecule has 1 amide bonds. The topological polar surface area (TPSA) is 199 Å². The molecule has 46 heavy (non-hydrogen) atoms. The van der Waals surface area contributed by atoms with E-state index in [0.717, 1.165) is 6.08 Å². The number of amides is 1. The summed E-state index contributed by atoms with van der Waals surface area (Å²) in [5.41, 5.74) is -1.11. The number of benzene rings is 1. The van der Waals surface area contributed by atoms with Gasteiger partial charge in [0.05, 0.1) is 36.2 Å². The van der Waals surface area contributed by atoms with Crippen LogP contribution in [-0.2, 0) is 9.59 Å². The Kier molecular flexibility index (Phi) is 11.6. The van der Waals surface area contributed by atoms with Crippen LogP contribution in [0.2, 0.25) is 0 Å². The molecule has 0 aromatic heterocycles. The molecular formula is C35H43NO10. The maximum atomic E-state index is 13.7. The highest BCUT2D eigenvalue weighted by Crippen LogP contribution is 2.35. The maximum Gasteiger partial charge on any atom is 0.251 e.